The van der Waals surface area contributed by atoms with Crippen LogP contribution in [0.2, 0.25) is 0 Å². The van der Waals surface area contributed by atoms with Gasteiger partial charge in [-0.2, -0.15) is 0 Å². The Balaban J connectivity index is 1.16. The summed E-state index contributed by atoms with van der Waals surface area (Å²) in [4.78, 5) is 2.40. The van der Waals surface area contributed by atoms with Gasteiger partial charge in [0.05, 0.1) is 16.7 Å². The van der Waals surface area contributed by atoms with Gasteiger partial charge in [-0.1, -0.05) is 141 Å². The third kappa shape index (κ3) is 4.57. The number of para-hydroxylation sites is 2. The van der Waals surface area contributed by atoms with Gasteiger partial charge in [0.25, 0.3) is 0 Å². The molecule has 0 atom stereocenters. The third-order valence-corrected chi connectivity index (χ3v) is 11.2. The molecule has 0 saturated carbocycles. The molecule has 0 aliphatic heterocycles. The SMILES string of the molecule is Cc1ccc(N(c2ccc(-c3ccccc3)cc2)c2ccc3c(c2)C(C)(C)c2cc(-n4c5ccccc5c5ccccc54)c4ccccc4c2-3)cc1. The van der Waals surface area contributed by atoms with Gasteiger partial charge in [-0.25, -0.2) is 0 Å². The largest absolute Gasteiger partial charge is 0.310 e. The predicted octanol–water partition coefficient (Wildman–Crippen LogP) is 13.7. The van der Waals surface area contributed by atoms with Gasteiger partial charge in [-0.3, -0.25) is 0 Å². The molecule has 52 heavy (non-hydrogen) atoms. The topological polar surface area (TPSA) is 8.17 Å². The van der Waals surface area contributed by atoms with Crippen molar-refractivity contribution in [2.75, 3.05) is 4.90 Å². The summed E-state index contributed by atoms with van der Waals surface area (Å²) < 4.78 is 2.48. The lowest BCUT2D eigenvalue weighted by Crippen LogP contribution is -2.17. The van der Waals surface area contributed by atoms with E-state index in [1.807, 2.05) is 0 Å². The normalized spacial score (nSPS) is 13.1. The van der Waals surface area contributed by atoms with Crippen LogP contribution >= 0.6 is 0 Å². The molecule has 1 aliphatic carbocycles. The highest BCUT2D eigenvalue weighted by atomic mass is 15.1. The van der Waals surface area contributed by atoms with Crippen molar-refractivity contribution in [2.45, 2.75) is 26.2 Å². The number of aromatic nitrogens is 1. The maximum atomic E-state index is 2.48. The number of nitrogens with zero attached hydrogens (tertiary/aromatic N) is 2. The van der Waals surface area contributed by atoms with Gasteiger partial charge in [0.2, 0.25) is 0 Å². The van der Waals surface area contributed by atoms with Crippen LogP contribution in [-0.4, -0.2) is 4.57 Å². The molecular weight excluding hydrogens is 629 g/mol. The Bertz CT molecular complexity index is 2750. The summed E-state index contributed by atoms with van der Waals surface area (Å²) in [6.45, 7) is 6.95. The Morgan fingerprint density at radius 1 is 0.442 bits per heavy atom. The van der Waals surface area contributed by atoms with Gasteiger partial charge < -0.3 is 9.47 Å². The van der Waals surface area contributed by atoms with Gasteiger partial charge in [0.1, 0.15) is 0 Å². The molecule has 0 amide bonds. The van der Waals surface area contributed by atoms with Crippen LogP contribution in [0.5, 0.6) is 0 Å². The zero-order valence-electron chi connectivity index (χ0n) is 29.6. The standard InChI is InChI=1S/C50H38N2/c1-33-21-25-36(26-22-33)51(37-27-23-35(24-28-37)34-13-5-4-6-14-34)38-29-30-43-44(31-38)50(2,3)45-32-48(41-17-7-8-18-42(41)49(43)45)52-46-19-11-9-15-39(46)40-16-10-12-20-47(40)52/h4-32H,1-3H3. The van der Waals surface area contributed by atoms with E-state index in [4.69, 9.17) is 0 Å². The Morgan fingerprint density at radius 3 is 1.62 bits per heavy atom. The molecule has 0 spiro atoms. The van der Waals surface area contributed by atoms with Crippen LogP contribution < -0.4 is 4.90 Å². The van der Waals surface area contributed by atoms with Gasteiger partial charge in [0, 0.05) is 38.6 Å². The van der Waals surface area contributed by atoms with E-state index in [1.54, 1.807) is 0 Å². The summed E-state index contributed by atoms with van der Waals surface area (Å²) >= 11 is 0. The summed E-state index contributed by atoms with van der Waals surface area (Å²) in [7, 11) is 0. The number of hydrogen-bond acceptors (Lipinski definition) is 1. The van der Waals surface area contributed by atoms with Crippen LogP contribution in [0.3, 0.4) is 0 Å². The summed E-state index contributed by atoms with van der Waals surface area (Å²) in [5.41, 5.74) is 16.0. The molecule has 1 aromatic heterocycles. The van der Waals surface area contributed by atoms with Crippen molar-refractivity contribution >= 4 is 49.6 Å². The van der Waals surface area contributed by atoms with E-state index in [0.29, 0.717) is 0 Å². The second-order valence-electron chi connectivity index (χ2n) is 14.7. The van der Waals surface area contributed by atoms with Crippen molar-refractivity contribution in [1.29, 1.82) is 0 Å². The number of anilines is 3. The summed E-state index contributed by atoms with van der Waals surface area (Å²) in [5.74, 6) is 0. The number of hydrogen-bond donors (Lipinski definition) is 0. The second-order valence-corrected chi connectivity index (χ2v) is 14.7. The van der Waals surface area contributed by atoms with Crippen LogP contribution in [0.25, 0.3) is 60.5 Å². The lowest BCUT2D eigenvalue weighted by atomic mass is 9.81. The molecule has 10 rings (SSSR count). The average Bonchev–Trinajstić information content (AvgIpc) is 3.64. The van der Waals surface area contributed by atoms with E-state index < -0.39 is 0 Å². The Morgan fingerprint density at radius 2 is 0.962 bits per heavy atom. The molecule has 1 heterocycles. The lowest BCUT2D eigenvalue weighted by molar-refractivity contribution is 0.660. The monoisotopic (exact) mass is 666 g/mol. The highest BCUT2D eigenvalue weighted by Gasteiger charge is 2.38. The molecule has 8 aromatic carbocycles. The quantitative estimate of drug-likeness (QED) is 0.177. The Labute approximate surface area is 304 Å². The van der Waals surface area contributed by atoms with Gasteiger partial charge in [0.15, 0.2) is 0 Å². The van der Waals surface area contributed by atoms with E-state index in [0.717, 1.165) is 17.1 Å². The molecule has 248 valence electrons. The smallest absolute Gasteiger partial charge is 0.0544 e. The molecule has 2 heteroatoms. The van der Waals surface area contributed by atoms with Crippen molar-refractivity contribution in [1.82, 2.24) is 4.57 Å². The molecule has 0 fully saturated rings. The number of aryl methyl sites for hydroxylation is 1. The number of benzene rings is 8. The zero-order chi connectivity index (χ0) is 35.0. The van der Waals surface area contributed by atoms with Gasteiger partial charge >= 0.3 is 0 Å². The highest BCUT2D eigenvalue weighted by Crippen LogP contribution is 2.54. The molecule has 0 N–H and O–H groups in total. The van der Waals surface area contributed by atoms with E-state index >= 15 is 0 Å². The third-order valence-electron chi connectivity index (χ3n) is 11.2. The molecule has 0 bridgehead atoms. The minimum Gasteiger partial charge on any atom is -0.310 e. The average molecular weight is 667 g/mol. The first-order valence-electron chi connectivity index (χ1n) is 18.2. The summed E-state index contributed by atoms with van der Waals surface area (Å²) in [6, 6.07) is 64.7. The van der Waals surface area contributed by atoms with E-state index in [-0.39, 0.29) is 5.41 Å². The predicted molar refractivity (Wildman–Crippen MR) is 221 cm³/mol. The fourth-order valence-electron chi connectivity index (χ4n) is 8.63. The van der Waals surface area contributed by atoms with E-state index in [2.05, 4.69) is 206 Å². The maximum Gasteiger partial charge on any atom is 0.0544 e. The van der Waals surface area contributed by atoms with Crippen molar-refractivity contribution in [2.24, 2.45) is 0 Å². The fraction of sp³-hybridized carbons (Fsp3) is 0.0800. The van der Waals surface area contributed by atoms with Crippen molar-refractivity contribution < 1.29 is 0 Å². The van der Waals surface area contributed by atoms with E-state index in [1.165, 1.54) is 77.2 Å². The Hall–Kier alpha value is -6.38. The van der Waals surface area contributed by atoms with Crippen molar-refractivity contribution in [3.05, 3.63) is 193 Å². The van der Waals surface area contributed by atoms with Crippen LogP contribution in [0.4, 0.5) is 17.1 Å². The summed E-state index contributed by atoms with van der Waals surface area (Å²) in [5, 5.41) is 5.12. The molecule has 0 saturated heterocycles. The molecule has 0 radical (unpaired) electrons. The van der Waals surface area contributed by atoms with Crippen LogP contribution in [0, 0.1) is 6.92 Å². The summed E-state index contributed by atoms with van der Waals surface area (Å²) in [6.07, 6.45) is 0. The molecule has 2 nitrogen and oxygen atoms in total. The molecule has 9 aromatic rings. The van der Waals surface area contributed by atoms with E-state index in [9.17, 15) is 0 Å². The van der Waals surface area contributed by atoms with Crippen LogP contribution in [0.1, 0.15) is 30.5 Å². The molecule has 0 unspecified atom stereocenters. The molecular formula is C50H38N2. The van der Waals surface area contributed by atoms with Gasteiger partial charge in [-0.15, -0.1) is 0 Å². The minimum absolute atomic E-state index is 0.228. The maximum absolute atomic E-state index is 2.48. The van der Waals surface area contributed by atoms with Crippen molar-refractivity contribution in [3.8, 4) is 27.9 Å². The zero-order valence-corrected chi connectivity index (χ0v) is 29.6. The first-order valence-corrected chi connectivity index (χ1v) is 18.2. The first kappa shape index (κ1) is 30.4. The lowest BCUT2D eigenvalue weighted by Gasteiger charge is -2.28. The minimum atomic E-state index is -0.228. The molecule has 1 aliphatic rings. The van der Waals surface area contributed by atoms with Crippen LogP contribution in [0.15, 0.2) is 176 Å². The Kier molecular flexibility index (Phi) is 6.78. The van der Waals surface area contributed by atoms with Gasteiger partial charge in [-0.05, 0) is 100 Å². The number of rotatable bonds is 5. The highest BCUT2D eigenvalue weighted by molar-refractivity contribution is 6.12. The van der Waals surface area contributed by atoms with Crippen molar-refractivity contribution in [3.63, 3.8) is 0 Å². The fourth-order valence-corrected chi connectivity index (χ4v) is 8.63. The second kappa shape index (κ2) is 11.6. The first-order chi connectivity index (χ1) is 25.5. The number of fused-ring (bicyclic) bond motifs is 8. The van der Waals surface area contributed by atoms with Crippen LogP contribution in [-0.2, 0) is 5.41 Å².